The predicted molar refractivity (Wildman–Crippen MR) is 92.0 cm³/mol. The van der Waals surface area contributed by atoms with Gasteiger partial charge in [0, 0.05) is 19.2 Å². The highest BCUT2D eigenvalue weighted by atomic mass is 35.5. The summed E-state index contributed by atoms with van der Waals surface area (Å²) in [6, 6.07) is 2.80. The number of nitrogens with one attached hydrogen (secondary N) is 1. The third-order valence-electron chi connectivity index (χ3n) is 3.77. The molecule has 1 amide bonds. The van der Waals surface area contributed by atoms with E-state index in [-0.39, 0.29) is 10.6 Å². The van der Waals surface area contributed by atoms with E-state index in [0.717, 1.165) is 35.9 Å². The SMILES string of the molecule is CC(CS(=O)(=O)c1cc(C(=O)Nc2ccc(F)c(Cl)c2F)n(C)c1)C(F)F. The Morgan fingerprint density at radius 3 is 2.52 bits per heavy atom. The summed E-state index contributed by atoms with van der Waals surface area (Å²) in [6.45, 7) is 1.10. The van der Waals surface area contributed by atoms with E-state index in [2.05, 4.69) is 5.32 Å². The maximum Gasteiger partial charge on any atom is 0.272 e. The highest BCUT2D eigenvalue weighted by Gasteiger charge is 2.27. The lowest BCUT2D eigenvalue weighted by molar-refractivity contribution is 0.0967. The van der Waals surface area contributed by atoms with E-state index in [4.69, 9.17) is 11.6 Å². The van der Waals surface area contributed by atoms with Crippen molar-refractivity contribution in [3.8, 4) is 0 Å². The van der Waals surface area contributed by atoms with Crippen LogP contribution in [0.25, 0.3) is 0 Å². The van der Waals surface area contributed by atoms with Gasteiger partial charge in [0.25, 0.3) is 5.91 Å². The second-order valence-corrected chi connectivity index (χ2v) is 8.35. The van der Waals surface area contributed by atoms with E-state index in [1.54, 1.807) is 0 Å². The lowest BCUT2D eigenvalue weighted by Crippen LogP contribution is -2.19. The van der Waals surface area contributed by atoms with Crippen molar-refractivity contribution in [1.82, 2.24) is 4.57 Å². The zero-order chi connectivity index (χ0) is 20.5. The van der Waals surface area contributed by atoms with Gasteiger partial charge in [-0.15, -0.1) is 0 Å². The van der Waals surface area contributed by atoms with Crippen molar-refractivity contribution in [3.05, 3.63) is 46.7 Å². The van der Waals surface area contributed by atoms with Crippen LogP contribution in [0, 0.1) is 17.6 Å². The topological polar surface area (TPSA) is 68.2 Å². The molecule has 0 saturated carbocycles. The number of amides is 1. The molecule has 0 bridgehead atoms. The van der Waals surface area contributed by atoms with E-state index in [0.29, 0.717) is 0 Å². The first-order chi connectivity index (χ1) is 12.4. The molecule has 1 atom stereocenters. The van der Waals surface area contributed by atoms with E-state index < -0.39 is 56.2 Å². The molecule has 0 spiro atoms. The van der Waals surface area contributed by atoms with Crippen LogP contribution in [0.1, 0.15) is 17.4 Å². The number of aryl methyl sites for hydroxylation is 1. The minimum absolute atomic E-state index is 0.168. The Balaban J connectivity index is 2.28. The summed E-state index contributed by atoms with van der Waals surface area (Å²) in [5, 5.41) is 1.36. The van der Waals surface area contributed by atoms with Gasteiger partial charge in [0.15, 0.2) is 15.7 Å². The largest absolute Gasteiger partial charge is 0.345 e. The average molecular weight is 427 g/mol. The first-order valence-corrected chi connectivity index (χ1v) is 9.59. The predicted octanol–water partition coefficient (Wildman–Crippen LogP) is 3.88. The number of carbonyl (C=O) groups excluding carboxylic acids is 1. The van der Waals surface area contributed by atoms with Gasteiger partial charge in [-0.2, -0.15) is 0 Å². The van der Waals surface area contributed by atoms with Crippen LogP contribution >= 0.6 is 11.6 Å². The van der Waals surface area contributed by atoms with Gasteiger partial charge < -0.3 is 9.88 Å². The van der Waals surface area contributed by atoms with Gasteiger partial charge in [0.05, 0.1) is 16.3 Å². The number of carbonyl (C=O) groups is 1. The van der Waals surface area contributed by atoms with Crippen molar-refractivity contribution in [2.24, 2.45) is 13.0 Å². The molecule has 5 nitrogen and oxygen atoms in total. The lowest BCUT2D eigenvalue weighted by Gasteiger charge is -2.09. The molecule has 0 aliphatic rings. The number of aromatic nitrogens is 1. The summed E-state index contributed by atoms with van der Waals surface area (Å²) in [7, 11) is -2.70. The highest BCUT2D eigenvalue weighted by Crippen LogP contribution is 2.26. The normalized spacial score (nSPS) is 13.0. The molecule has 1 heterocycles. The molecule has 0 aliphatic carbocycles. The van der Waals surface area contributed by atoms with E-state index >= 15 is 0 Å². The Morgan fingerprint density at radius 2 is 1.93 bits per heavy atom. The first kappa shape index (κ1) is 21.2. The molecule has 1 N–H and O–H groups in total. The first-order valence-electron chi connectivity index (χ1n) is 7.56. The summed E-state index contributed by atoms with van der Waals surface area (Å²) in [4.78, 5) is 12.0. The maximum absolute atomic E-state index is 13.9. The lowest BCUT2D eigenvalue weighted by atomic mass is 10.2. The van der Waals surface area contributed by atoms with Crippen molar-refractivity contribution in [2.45, 2.75) is 18.2 Å². The molecule has 1 unspecified atom stereocenters. The van der Waals surface area contributed by atoms with Crippen molar-refractivity contribution < 1.29 is 30.8 Å². The van der Waals surface area contributed by atoms with Gasteiger partial charge in [-0.1, -0.05) is 18.5 Å². The zero-order valence-corrected chi connectivity index (χ0v) is 15.7. The zero-order valence-electron chi connectivity index (χ0n) is 14.1. The van der Waals surface area contributed by atoms with Gasteiger partial charge in [-0.05, 0) is 18.2 Å². The minimum atomic E-state index is -4.06. The maximum atomic E-state index is 13.9. The fraction of sp³-hybridized carbons (Fsp3) is 0.312. The number of hydrogen-bond acceptors (Lipinski definition) is 3. The number of rotatable bonds is 6. The van der Waals surface area contributed by atoms with Crippen molar-refractivity contribution >= 4 is 33.0 Å². The molecule has 0 aliphatic heterocycles. The highest BCUT2D eigenvalue weighted by molar-refractivity contribution is 7.91. The molecular formula is C16H15ClF4N2O3S. The van der Waals surface area contributed by atoms with Gasteiger partial charge >= 0.3 is 0 Å². The van der Waals surface area contributed by atoms with Crippen LogP contribution in [-0.2, 0) is 16.9 Å². The van der Waals surface area contributed by atoms with Gasteiger partial charge in [-0.25, -0.2) is 26.0 Å². The number of benzene rings is 1. The molecule has 11 heteroatoms. The summed E-state index contributed by atoms with van der Waals surface area (Å²) < 4.78 is 77.9. The monoisotopic (exact) mass is 426 g/mol. The number of sulfone groups is 1. The second kappa shape index (κ2) is 7.89. The van der Waals surface area contributed by atoms with Gasteiger partial charge in [-0.3, -0.25) is 4.79 Å². The van der Waals surface area contributed by atoms with E-state index in [9.17, 15) is 30.8 Å². The fourth-order valence-electron chi connectivity index (χ4n) is 2.25. The molecule has 0 radical (unpaired) electrons. The van der Waals surface area contributed by atoms with Gasteiger partial charge in [0.2, 0.25) is 6.43 Å². The Labute approximate surface area is 157 Å². The molecule has 27 heavy (non-hydrogen) atoms. The number of nitrogens with zero attached hydrogens (tertiary/aromatic N) is 1. The Hall–Kier alpha value is -2.07. The van der Waals surface area contributed by atoms with Gasteiger partial charge in [0.1, 0.15) is 16.5 Å². The number of alkyl halides is 2. The Kier molecular flexibility index (Phi) is 6.21. The van der Waals surface area contributed by atoms with Crippen LogP contribution < -0.4 is 5.32 Å². The van der Waals surface area contributed by atoms with Crippen molar-refractivity contribution in [2.75, 3.05) is 11.1 Å². The van der Waals surface area contributed by atoms with Crippen LogP contribution in [-0.4, -0.2) is 31.1 Å². The Morgan fingerprint density at radius 1 is 1.30 bits per heavy atom. The summed E-state index contributed by atoms with van der Waals surface area (Å²) in [6.07, 6.45) is -1.71. The van der Waals surface area contributed by atoms with Crippen LogP contribution in [0.2, 0.25) is 5.02 Å². The quantitative estimate of drug-likeness (QED) is 0.563. The third kappa shape index (κ3) is 4.62. The van der Waals surface area contributed by atoms with Crippen LogP contribution in [0.3, 0.4) is 0 Å². The minimum Gasteiger partial charge on any atom is -0.345 e. The molecule has 0 saturated heterocycles. The molecule has 2 rings (SSSR count). The second-order valence-electron chi connectivity index (χ2n) is 5.94. The standard InChI is InChI=1S/C16H15ClF4N2O3S/c1-8(15(20)21)7-27(25,26)9-5-12(23(2)6-9)16(24)22-11-4-3-10(18)13(17)14(11)19/h3-6,8,15H,7H2,1-2H3,(H,22,24). The fourth-order valence-corrected chi connectivity index (χ4v) is 4.06. The van der Waals surface area contributed by atoms with Crippen molar-refractivity contribution in [3.63, 3.8) is 0 Å². The van der Waals surface area contributed by atoms with Crippen LogP contribution in [0.15, 0.2) is 29.3 Å². The molecule has 148 valence electrons. The summed E-state index contributed by atoms with van der Waals surface area (Å²) in [5.41, 5.74) is -0.568. The molecule has 0 fully saturated rings. The molecule has 1 aromatic carbocycles. The Bertz CT molecular complexity index is 976. The van der Waals surface area contributed by atoms with Crippen molar-refractivity contribution in [1.29, 1.82) is 0 Å². The van der Waals surface area contributed by atoms with E-state index in [1.165, 1.54) is 7.05 Å². The van der Waals surface area contributed by atoms with Crippen LogP contribution in [0.5, 0.6) is 0 Å². The number of anilines is 1. The van der Waals surface area contributed by atoms with Crippen LogP contribution in [0.4, 0.5) is 23.2 Å². The molecule has 2 aromatic rings. The average Bonchev–Trinajstić information content (AvgIpc) is 2.97. The summed E-state index contributed by atoms with van der Waals surface area (Å²) in [5.74, 6) is -5.26. The third-order valence-corrected chi connectivity index (χ3v) is 6.02. The van der Waals surface area contributed by atoms with E-state index in [1.807, 2.05) is 0 Å². The molecule has 1 aromatic heterocycles. The smallest absolute Gasteiger partial charge is 0.272 e. The summed E-state index contributed by atoms with van der Waals surface area (Å²) >= 11 is 5.43. The molecular weight excluding hydrogens is 412 g/mol. The number of hydrogen-bond donors (Lipinski definition) is 1. The number of halogens is 5.